The summed E-state index contributed by atoms with van der Waals surface area (Å²) >= 11 is 0. The first kappa shape index (κ1) is 46.0. The zero-order valence-corrected chi connectivity index (χ0v) is 38.1. The van der Waals surface area contributed by atoms with Crippen LogP contribution >= 0.6 is 7.75 Å². The van der Waals surface area contributed by atoms with E-state index in [1.807, 2.05) is 85.8 Å². The fourth-order valence-electron chi connectivity index (χ4n) is 8.60. The first-order valence-electron chi connectivity index (χ1n) is 21.6. The fraction of sp³-hybridized carbons (Fsp3) is 0.378. The van der Waals surface area contributed by atoms with Gasteiger partial charge < -0.3 is 45.0 Å². The van der Waals surface area contributed by atoms with Gasteiger partial charge in [-0.05, 0) is 47.4 Å². The summed E-state index contributed by atoms with van der Waals surface area (Å²) in [6.45, 7) is 1.75. The summed E-state index contributed by atoms with van der Waals surface area (Å²) in [5.74, 6) is 1.73. The monoisotopic (exact) mass is 937 g/mol. The SMILES string of the molecule is CCCNP(=O)(OC[C@H]1O[C@@H](n2cnc3c(N)ncnc32)[C@H](OC)[C@@H]1O)O[C@H]1C[C@H](n2cnc3c(N)ncnc32)O[C@@H]1COC(c1ccccc1)(c1ccc(OC)cc1)c1ccc(OC)cc1. The number of nitrogens with two attached hydrogens (primary N) is 2. The van der Waals surface area contributed by atoms with Gasteiger partial charge in [0.1, 0.15) is 77.5 Å². The van der Waals surface area contributed by atoms with E-state index in [1.54, 1.807) is 29.7 Å². The molecule has 2 aliphatic rings. The number of aliphatic hydroxyl groups is 1. The average molecular weight is 938 g/mol. The van der Waals surface area contributed by atoms with Crippen molar-refractivity contribution in [2.75, 3.05) is 52.6 Å². The van der Waals surface area contributed by atoms with Crippen molar-refractivity contribution in [1.82, 2.24) is 44.1 Å². The Labute approximate surface area is 385 Å². The van der Waals surface area contributed by atoms with Crippen molar-refractivity contribution in [3.8, 4) is 11.5 Å². The maximum atomic E-state index is 15.1. The number of hydrogen-bond acceptors (Lipinski definition) is 18. The van der Waals surface area contributed by atoms with Crippen LogP contribution in [0.3, 0.4) is 0 Å². The molecule has 0 radical (unpaired) electrons. The molecule has 0 saturated carbocycles. The molecule has 2 aliphatic heterocycles. The van der Waals surface area contributed by atoms with E-state index in [1.165, 1.54) is 26.1 Å². The number of hydrogen-bond donors (Lipinski definition) is 4. The van der Waals surface area contributed by atoms with Crippen LogP contribution in [0, 0.1) is 0 Å². The molecule has 0 amide bonds. The Bertz CT molecular complexity index is 2770. The van der Waals surface area contributed by atoms with E-state index in [4.69, 9.17) is 48.9 Å². The summed E-state index contributed by atoms with van der Waals surface area (Å²) in [4.78, 5) is 25.7. The summed E-state index contributed by atoms with van der Waals surface area (Å²) in [5.41, 5.74) is 15.0. The second-order valence-electron chi connectivity index (χ2n) is 15.9. The van der Waals surface area contributed by atoms with Gasteiger partial charge in [0.25, 0.3) is 0 Å². The van der Waals surface area contributed by atoms with Crippen molar-refractivity contribution in [2.45, 2.75) is 68.3 Å². The Kier molecular flexibility index (Phi) is 13.5. The van der Waals surface area contributed by atoms with Crippen molar-refractivity contribution in [2.24, 2.45) is 0 Å². The number of nitrogen functional groups attached to an aromatic ring is 2. The van der Waals surface area contributed by atoms with Gasteiger partial charge in [-0.25, -0.2) is 39.6 Å². The number of fused-ring (bicyclic) bond motifs is 2. The second kappa shape index (κ2) is 19.6. The molecule has 4 aromatic heterocycles. The van der Waals surface area contributed by atoms with Gasteiger partial charge in [-0.3, -0.25) is 18.2 Å². The van der Waals surface area contributed by atoms with Crippen molar-refractivity contribution in [3.05, 3.63) is 121 Å². The van der Waals surface area contributed by atoms with Gasteiger partial charge in [0, 0.05) is 20.1 Å². The maximum absolute atomic E-state index is 15.1. The molecule has 0 aliphatic carbocycles. The molecular weight excluding hydrogens is 886 g/mol. The molecule has 3 aromatic carbocycles. The van der Waals surface area contributed by atoms with E-state index in [0.29, 0.717) is 40.2 Å². The topological polar surface area (TPSA) is 262 Å². The van der Waals surface area contributed by atoms with Gasteiger partial charge in [-0.1, -0.05) is 61.5 Å². The third-order valence-corrected chi connectivity index (χ3v) is 13.6. The van der Waals surface area contributed by atoms with Crippen LogP contribution in [0.25, 0.3) is 22.3 Å². The summed E-state index contributed by atoms with van der Waals surface area (Å²) in [5, 5.41) is 14.5. The molecule has 7 aromatic rings. The van der Waals surface area contributed by atoms with Crippen molar-refractivity contribution < 1.29 is 47.1 Å². The van der Waals surface area contributed by atoms with E-state index >= 15 is 4.57 Å². The van der Waals surface area contributed by atoms with E-state index in [2.05, 4.69) is 35.0 Å². The second-order valence-corrected chi connectivity index (χ2v) is 17.7. The standard InChI is InChI=1S/C45H52N11O10P/c1-5-19-54-67(58,63-22-34-38(57)39(61-4)44(65-34)56-26-53-37-41(47)49-24-51-43(37)56)66-32-20-35(55-25-52-36-40(46)48-23-50-42(36)55)64-33(32)21-62-45(27-9-7-6-8-10-27,28-11-15-30(59-2)16-12-28)29-13-17-31(60-3)18-14-29/h6-18,23-26,32-35,38-39,44,57H,5,19-22H2,1-4H3,(H,54,58)(H2,46,48,50)(H2,47,49,51)/t32-,33+,34+,35+,38+,39+,44+,67?/m0/s1. The maximum Gasteiger partial charge on any atom is 0.405 e. The smallest absolute Gasteiger partial charge is 0.405 e. The molecule has 6 heterocycles. The number of aromatic nitrogens is 8. The molecule has 22 heteroatoms. The first-order chi connectivity index (χ1) is 32.6. The summed E-state index contributed by atoms with van der Waals surface area (Å²) in [6, 6.07) is 25.2. The lowest BCUT2D eigenvalue weighted by atomic mass is 9.80. The van der Waals surface area contributed by atoms with Crippen molar-refractivity contribution in [1.29, 1.82) is 0 Å². The van der Waals surface area contributed by atoms with Gasteiger partial charge in [-0.15, -0.1) is 0 Å². The number of methoxy groups -OCH3 is 3. The lowest BCUT2D eigenvalue weighted by Gasteiger charge is -2.37. The summed E-state index contributed by atoms with van der Waals surface area (Å²) in [7, 11) is 0.430. The molecule has 9 rings (SSSR count). The number of nitrogens with zero attached hydrogens (tertiary/aromatic N) is 8. The Balaban J connectivity index is 1.05. The van der Waals surface area contributed by atoms with Gasteiger partial charge in [0.2, 0.25) is 0 Å². The number of benzene rings is 3. The number of nitrogens with one attached hydrogen (secondary N) is 1. The molecule has 0 spiro atoms. The number of rotatable bonds is 19. The number of anilines is 2. The predicted molar refractivity (Wildman–Crippen MR) is 244 cm³/mol. The number of ether oxygens (including phenoxy) is 6. The van der Waals surface area contributed by atoms with Crippen molar-refractivity contribution in [3.63, 3.8) is 0 Å². The molecular formula is C45H52N11O10P. The zero-order valence-electron chi connectivity index (χ0n) is 37.2. The lowest BCUT2D eigenvalue weighted by Crippen LogP contribution is -2.39. The van der Waals surface area contributed by atoms with Crippen LogP contribution in [-0.4, -0.2) is 116 Å². The Morgan fingerprint density at radius 2 is 1.34 bits per heavy atom. The summed E-state index contributed by atoms with van der Waals surface area (Å²) < 4.78 is 68.5. The average Bonchev–Trinajstić information content (AvgIpc) is 4.16. The van der Waals surface area contributed by atoms with Gasteiger partial charge in [-0.2, -0.15) is 0 Å². The normalized spacial score (nSPS) is 22.9. The molecule has 352 valence electrons. The molecule has 0 bridgehead atoms. The minimum Gasteiger partial charge on any atom is -0.497 e. The zero-order chi connectivity index (χ0) is 46.7. The van der Waals surface area contributed by atoms with Crippen LogP contribution < -0.4 is 26.0 Å². The first-order valence-corrected chi connectivity index (χ1v) is 23.2. The largest absolute Gasteiger partial charge is 0.497 e. The molecule has 21 nitrogen and oxygen atoms in total. The van der Waals surface area contributed by atoms with Crippen LogP contribution in [0.5, 0.6) is 11.5 Å². The molecule has 67 heavy (non-hydrogen) atoms. The molecule has 6 N–H and O–H groups in total. The number of aliphatic hydroxyl groups excluding tert-OH is 1. The number of imidazole rings is 2. The Hall–Kier alpha value is -6.13. The highest BCUT2D eigenvalue weighted by Gasteiger charge is 2.49. The quantitative estimate of drug-likeness (QED) is 0.0619. The van der Waals surface area contributed by atoms with E-state index in [0.717, 1.165) is 16.7 Å². The van der Waals surface area contributed by atoms with E-state index in [-0.39, 0.29) is 37.8 Å². The third kappa shape index (κ3) is 8.93. The van der Waals surface area contributed by atoms with Gasteiger partial charge in [0.15, 0.2) is 29.2 Å². The van der Waals surface area contributed by atoms with Crippen molar-refractivity contribution >= 4 is 41.7 Å². The van der Waals surface area contributed by atoms with Crippen LogP contribution in [0.15, 0.2) is 104 Å². The van der Waals surface area contributed by atoms with Crippen LogP contribution in [-0.2, 0) is 38.2 Å². The highest BCUT2D eigenvalue weighted by Crippen LogP contribution is 2.51. The fourth-order valence-corrected chi connectivity index (χ4v) is 10.2. The minimum absolute atomic E-state index is 0.0831. The predicted octanol–water partition coefficient (Wildman–Crippen LogP) is 4.93. The van der Waals surface area contributed by atoms with Gasteiger partial charge in [0.05, 0.1) is 40.1 Å². The van der Waals surface area contributed by atoms with E-state index in [9.17, 15) is 5.11 Å². The van der Waals surface area contributed by atoms with Crippen LogP contribution in [0.1, 0.15) is 48.9 Å². The Morgan fingerprint density at radius 1 is 0.761 bits per heavy atom. The molecule has 1 unspecified atom stereocenters. The highest BCUT2D eigenvalue weighted by molar-refractivity contribution is 7.51. The van der Waals surface area contributed by atoms with Crippen LogP contribution in [0.2, 0.25) is 0 Å². The highest BCUT2D eigenvalue weighted by atomic mass is 31.2. The molecule has 2 fully saturated rings. The summed E-state index contributed by atoms with van der Waals surface area (Å²) in [6.07, 6.45) is -0.110. The van der Waals surface area contributed by atoms with E-state index < -0.39 is 56.3 Å². The van der Waals surface area contributed by atoms with Gasteiger partial charge >= 0.3 is 7.75 Å². The Morgan fingerprint density at radius 3 is 1.93 bits per heavy atom. The minimum atomic E-state index is -4.24. The third-order valence-electron chi connectivity index (χ3n) is 12.0. The van der Waals surface area contributed by atoms with Crippen LogP contribution in [0.4, 0.5) is 11.6 Å². The molecule has 8 atom stereocenters. The lowest BCUT2D eigenvalue weighted by molar-refractivity contribution is -0.0924. The molecule has 2 saturated heterocycles.